The number of pyridine rings is 1. The average molecular weight is 504 g/mol. The van der Waals surface area contributed by atoms with E-state index >= 15 is 0 Å². The van der Waals surface area contributed by atoms with Gasteiger partial charge >= 0.3 is 7.52 Å². The van der Waals surface area contributed by atoms with Gasteiger partial charge in [0, 0.05) is 6.20 Å². The van der Waals surface area contributed by atoms with Gasteiger partial charge in [0.05, 0.1) is 43.9 Å². The molecule has 0 spiro atoms. The number of rotatable bonds is 12. The van der Waals surface area contributed by atoms with Crippen molar-refractivity contribution in [2.24, 2.45) is 5.92 Å². The Morgan fingerprint density at radius 3 is 2.63 bits per heavy atom. The molecule has 0 amide bonds. The van der Waals surface area contributed by atoms with Crippen LogP contribution in [0.1, 0.15) is 27.2 Å². The monoisotopic (exact) mass is 503 g/mol. The summed E-state index contributed by atoms with van der Waals surface area (Å²) in [5, 5.41) is 3.21. The third kappa shape index (κ3) is 6.80. The molecule has 2 aromatic heterocycles. The summed E-state index contributed by atoms with van der Waals surface area (Å²) in [5.74, 6) is 0.830. The number of hydrogen-bond acceptors (Lipinski definition) is 8. The van der Waals surface area contributed by atoms with Crippen molar-refractivity contribution in [1.82, 2.24) is 19.6 Å². The average Bonchev–Trinajstić information content (AvgIpc) is 3.49. The lowest BCUT2D eigenvalue weighted by atomic mass is 10.0. The van der Waals surface area contributed by atoms with Crippen molar-refractivity contribution in [3.63, 3.8) is 0 Å². The van der Waals surface area contributed by atoms with E-state index < -0.39 is 13.8 Å². The van der Waals surface area contributed by atoms with E-state index in [1.165, 1.54) is 0 Å². The third-order valence-corrected chi connectivity index (χ3v) is 7.30. The van der Waals surface area contributed by atoms with Crippen molar-refractivity contribution >= 4 is 24.4 Å². The van der Waals surface area contributed by atoms with Crippen LogP contribution in [0, 0.1) is 5.92 Å². The highest BCUT2D eigenvalue weighted by atomic mass is 31.2. The second-order valence-electron chi connectivity index (χ2n) is 9.13. The first-order valence-electron chi connectivity index (χ1n) is 11.8. The maximum atomic E-state index is 14.1. The van der Waals surface area contributed by atoms with E-state index in [0.717, 1.165) is 0 Å². The van der Waals surface area contributed by atoms with Gasteiger partial charge in [-0.25, -0.2) is 15.1 Å². The summed E-state index contributed by atoms with van der Waals surface area (Å²) in [7, 11) is -3.50. The fraction of sp³-hybridized carbons (Fsp3) is 0.500. The zero-order chi connectivity index (χ0) is 24.8. The molecular formula is C24H34N5O5P. The number of ether oxygens (including phenoxy) is 3. The van der Waals surface area contributed by atoms with E-state index in [1.807, 2.05) is 29.7 Å². The van der Waals surface area contributed by atoms with Crippen molar-refractivity contribution in [3.05, 3.63) is 48.9 Å². The Kier molecular flexibility index (Phi) is 8.41. The molecule has 0 radical (unpaired) electrons. The van der Waals surface area contributed by atoms with Crippen LogP contribution in [-0.2, 0) is 25.3 Å². The van der Waals surface area contributed by atoms with Crippen LogP contribution in [0.2, 0.25) is 0 Å². The molecule has 3 heterocycles. The zero-order valence-corrected chi connectivity index (χ0v) is 21.3. The van der Waals surface area contributed by atoms with E-state index in [2.05, 4.69) is 28.9 Å². The lowest BCUT2D eigenvalue weighted by Gasteiger charge is -2.30. The summed E-state index contributed by atoms with van der Waals surface area (Å²) in [6.45, 7) is 7.58. The molecule has 1 unspecified atom stereocenters. The molecule has 3 N–H and O–H groups in total. The fourth-order valence-electron chi connectivity index (χ4n) is 4.01. The number of nitrogens with two attached hydrogens (primary N) is 1. The van der Waals surface area contributed by atoms with Crippen LogP contribution in [-0.4, -0.2) is 52.5 Å². The Bertz CT molecular complexity index is 1140. The first-order chi connectivity index (χ1) is 16.8. The molecule has 11 heteroatoms. The minimum atomic E-state index is -3.50. The summed E-state index contributed by atoms with van der Waals surface area (Å²) in [6, 6.07) is 10.5. The Morgan fingerprint density at radius 1 is 1.17 bits per heavy atom. The molecule has 3 aromatic rings. The molecule has 0 bridgehead atoms. The number of para-hydroxylation sites is 1. The van der Waals surface area contributed by atoms with E-state index in [9.17, 15) is 4.57 Å². The highest BCUT2D eigenvalue weighted by Gasteiger charge is 2.36. The topological polar surface area (TPSA) is 123 Å². The largest absolute Gasteiger partial charge is 0.431 e. The van der Waals surface area contributed by atoms with Crippen molar-refractivity contribution in [1.29, 1.82) is 0 Å². The maximum Gasteiger partial charge on any atom is 0.342 e. The van der Waals surface area contributed by atoms with Crippen LogP contribution in [0.5, 0.6) is 5.75 Å². The van der Waals surface area contributed by atoms with Gasteiger partial charge in [-0.1, -0.05) is 32.0 Å². The van der Waals surface area contributed by atoms with Gasteiger partial charge in [0.2, 0.25) is 0 Å². The fourth-order valence-corrected chi connectivity index (χ4v) is 5.83. The highest BCUT2D eigenvalue weighted by molar-refractivity contribution is 7.57. The van der Waals surface area contributed by atoms with Gasteiger partial charge in [0.15, 0.2) is 11.9 Å². The number of fused-ring (bicyclic) bond motifs is 1. The minimum absolute atomic E-state index is 0.132. The normalized spacial score (nSPS) is 18.1. The number of anilines is 1. The predicted octanol–water partition coefficient (Wildman–Crippen LogP) is 4.03. The molecule has 1 aromatic carbocycles. The molecule has 1 saturated heterocycles. The summed E-state index contributed by atoms with van der Waals surface area (Å²) in [6.07, 6.45) is 3.11. The van der Waals surface area contributed by atoms with Gasteiger partial charge in [0.1, 0.15) is 17.6 Å². The molecular weight excluding hydrogens is 469 g/mol. The molecule has 3 atom stereocenters. The van der Waals surface area contributed by atoms with Crippen LogP contribution in [0.25, 0.3) is 11.2 Å². The smallest absolute Gasteiger partial charge is 0.342 e. The number of benzene rings is 1. The summed E-state index contributed by atoms with van der Waals surface area (Å²) >= 11 is 0. The first-order valence-corrected chi connectivity index (χ1v) is 13.7. The SMILES string of the molecule is CC(C)C[C@H](NP(=O)(CO[C@H](C)Cn1cnc2c(N)ccnc21)Oc1ccccc1)C1OCCO1. The second-order valence-corrected chi connectivity index (χ2v) is 11.2. The number of nitrogens with one attached hydrogen (secondary N) is 1. The van der Waals surface area contributed by atoms with Crippen molar-refractivity contribution < 1.29 is 23.3 Å². The Balaban J connectivity index is 1.48. The Labute approximate surface area is 205 Å². The number of nitrogens with zero attached hydrogens (tertiary/aromatic N) is 3. The molecule has 10 nitrogen and oxygen atoms in total. The lowest BCUT2D eigenvalue weighted by Crippen LogP contribution is -2.41. The van der Waals surface area contributed by atoms with Gasteiger partial charge in [0.25, 0.3) is 0 Å². The van der Waals surface area contributed by atoms with Crippen LogP contribution in [0.3, 0.4) is 0 Å². The van der Waals surface area contributed by atoms with Gasteiger partial charge in [-0.3, -0.25) is 4.57 Å². The number of nitrogen functional groups attached to an aromatic ring is 1. The molecule has 1 aliphatic rings. The predicted molar refractivity (Wildman–Crippen MR) is 134 cm³/mol. The van der Waals surface area contributed by atoms with Gasteiger partial charge < -0.3 is 29.0 Å². The van der Waals surface area contributed by atoms with E-state index in [0.29, 0.717) is 54.7 Å². The lowest BCUT2D eigenvalue weighted by molar-refractivity contribution is -0.0671. The Morgan fingerprint density at radius 2 is 1.91 bits per heavy atom. The standard InChI is InChI=1S/C24H34N5O5P/c1-17(2)13-21(24-31-11-12-32-24)28-35(30,34-19-7-5-4-6-8-19)16-33-18(3)14-29-15-27-22-20(25)9-10-26-23(22)29/h4-10,15,17-18,21,24H,11-14,16H2,1-3H3,(H2,25,26)(H,28,30)/t18-,21+,35?/m1/s1. The summed E-state index contributed by atoms with van der Waals surface area (Å²) in [5.41, 5.74) is 7.88. The molecule has 1 aliphatic heterocycles. The van der Waals surface area contributed by atoms with Gasteiger partial charge in [-0.05, 0) is 37.5 Å². The molecule has 1 fully saturated rings. The number of aromatic nitrogens is 3. The molecule has 35 heavy (non-hydrogen) atoms. The molecule has 190 valence electrons. The summed E-state index contributed by atoms with van der Waals surface area (Å²) < 4.78 is 39.5. The second kappa shape index (κ2) is 11.5. The molecule has 4 rings (SSSR count). The summed E-state index contributed by atoms with van der Waals surface area (Å²) in [4.78, 5) is 8.72. The van der Waals surface area contributed by atoms with E-state index in [1.54, 1.807) is 30.7 Å². The third-order valence-electron chi connectivity index (χ3n) is 5.58. The number of hydrogen-bond donors (Lipinski definition) is 2. The van der Waals surface area contributed by atoms with Crippen molar-refractivity contribution in [2.45, 2.75) is 52.2 Å². The zero-order valence-electron chi connectivity index (χ0n) is 20.4. The van der Waals surface area contributed by atoms with E-state index in [4.69, 9.17) is 24.5 Å². The van der Waals surface area contributed by atoms with Gasteiger partial charge in [-0.2, -0.15) is 0 Å². The first kappa shape index (κ1) is 25.6. The van der Waals surface area contributed by atoms with E-state index in [-0.39, 0.29) is 18.5 Å². The van der Waals surface area contributed by atoms with Crippen LogP contribution < -0.4 is 15.3 Å². The molecule has 0 aliphatic carbocycles. The maximum absolute atomic E-state index is 14.1. The Hall–Kier alpha value is -2.49. The number of imidazole rings is 1. The quantitative estimate of drug-likeness (QED) is 0.353. The highest BCUT2D eigenvalue weighted by Crippen LogP contribution is 2.45. The van der Waals surface area contributed by atoms with Gasteiger partial charge in [-0.15, -0.1) is 0 Å². The minimum Gasteiger partial charge on any atom is -0.431 e. The van der Waals surface area contributed by atoms with Crippen LogP contribution >= 0.6 is 7.52 Å². The van der Waals surface area contributed by atoms with Crippen LogP contribution in [0.15, 0.2) is 48.9 Å². The van der Waals surface area contributed by atoms with Crippen LogP contribution in [0.4, 0.5) is 5.69 Å². The van der Waals surface area contributed by atoms with Crippen molar-refractivity contribution in [3.8, 4) is 5.75 Å². The molecule has 0 saturated carbocycles. The van der Waals surface area contributed by atoms with Crippen molar-refractivity contribution in [2.75, 3.05) is 25.3 Å².